The van der Waals surface area contributed by atoms with Crippen LogP contribution >= 0.6 is 11.3 Å². The Morgan fingerprint density at radius 1 is 1.11 bits per heavy atom. The Balaban J connectivity index is 1.45. The van der Waals surface area contributed by atoms with Crippen LogP contribution < -0.4 is 19.7 Å². The summed E-state index contributed by atoms with van der Waals surface area (Å²) in [5, 5.41) is 14.1. The molecule has 35 heavy (non-hydrogen) atoms. The summed E-state index contributed by atoms with van der Waals surface area (Å²) in [5.74, 6) is -0.469. The highest BCUT2D eigenvalue weighted by Gasteiger charge is 2.15. The monoisotopic (exact) mass is 489 g/mol. The van der Waals surface area contributed by atoms with Gasteiger partial charge in [-0.25, -0.2) is 4.79 Å². The molecule has 9 heteroatoms. The number of morpholine rings is 1. The molecule has 0 aliphatic carbocycles. The standard InChI is InChI=1S/C26H23N3O5S/c1-32-23-16-18(4-9-22(23)34-26(31)24-3-2-14-35-24)15-19(17-27)25(30)28-20-5-7-21(8-6-20)29-10-12-33-13-11-29/h2-9,14-16H,10-13H2,1H3,(H,28,30). The van der Waals surface area contributed by atoms with Gasteiger partial charge in [0.15, 0.2) is 11.5 Å². The van der Waals surface area contributed by atoms with Crippen molar-refractivity contribution in [2.45, 2.75) is 0 Å². The molecule has 4 rings (SSSR count). The number of rotatable bonds is 7. The van der Waals surface area contributed by atoms with E-state index in [0.29, 0.717) is 35.1 Å². The lowest BCUT2D eigenvalue weighted by Gasteiger charge is -2.28. The van der Waals surface area contributed by atoms with Crippen molar-refractivity contribution in [2.24, 2.45) is 0 Å². The lowest BCUT2D eigenvalue weighted by Crippen LogP contribution is -2.36. The third-order valence-corrected chi connectivity index (χ3v) is 6.14. The van der Waals surface area contributed by atoms with Crippen molar-refractivity contribution < 1.29 is 23.8 Å². The molecular formula is C26H23N3O5S. The van der Waals surface area contributed by atoms with Crippen LogP contribution in [0.2, 0.25) is 0 Å². The van der Waals surface area contributed by atoms with E-state index < -0.39 is 11.9 Å². The van der Waals surface area contributed by atoms with E-state index in [0.717, 1.165) is 18.8 Å². The summed E-state index contributed by atoms with van der Waals surface area (Å²) < 4.78 is 16.1. The van der Waals surface area contributed by atoms with Crippen molar-refractivity contribution in [1.82, 2.24) is 0 Å². The summed E-state index contributed by atoms with van der Waals surface area (Å²) in [6, 6.07) is 17.6. The Hall–Kier alpha value is -4.13. The summed E-state index contributed by atoms with van der Waals surface area (Å²) in [7, 11) is 1.45. The fraction of sp³-hybridized carbons (Fsp3) is 0.192. The fourth-order valence-corrected chi connectivity index (χ4v) is 4.09. The Labute approximate surface area is 207 Å². The zero-order valence-corrected chi connectivity index (χ0v) is 19.8. The van der Waals surface area contributed by atoms with E-state index in [1.165, 1.54) is 24.5 Å². The van der Waals surface area contributed by atoms with E-state index in [2.05, 4.69) is 10.2 Å². The van der Waals surface area contributed by atoms with Crippen molar-refractivity contribution >= 4 is 40.7 Å². The van der Waals surface area contributed by atoms with Gasteiger partial charge in [0, 0.05) is 24.5 Å². The minimum absolute atomic E-state index is 0.0763. The lowest BCUT2D eigenvalue weighted by atomic mass is 10.1. The first kappa shape index (κ1) is 24.0. The number of ether oxygens (including phenoxy) is 3. The molecule has 1 fully saturated rings. The molecule has 1 aromatic heterocycles. The highest BCUT2D eigenvalue weighted by molar-refractivity contribution is 7.12. The lowest BCUT2D eigenvalue weighted by molar-refractivity contribution is -0.112. The molecule has 0 spiro atoms. The van der Waals surface area contributed by atoms with Gasteiger partial charge in [-0.2, -0.15) is 5.26 Å². The molecule has 0 unspecified atom stereocenters. The Bertz CT molecular complexity index is 1260. The van der Waals surface area contributed by atoms with Crippen LogP contribution in [0, 0.1) is 11.3 Å². The van der Waals surface area contributed by atoms with Crippen LogP contribution in [-0.2, 0) is 9.53 Å². The second kappa shape index (κ2) is 11.3. The quantitative estimate of drug-likeness (QED) is 0.228. The van der Waals surface area contributed by atoms with Crippen molar-refractivity contribution in [2.75, 3.05) is 43.6 Å². The molecule has 0 atom stereocenters. The van der Waals surface area contributed by atoms with Crippen molar-refractivity contribution in [1.29, 1.82) is 5.26 Å². The molecule has 0 radical (unpaired) electrons. The van der Waals surface area contributed by atoms with Gasteiger partial charge in [-0.1, -0.05) is 12.1 Å². The molecular weight excluding hydrogens is 466 g/mol. The van der Waals surface area contributed by atoms with Crippen LogP contribution in [0.5, 0.6) is 11.5 Å². The van der Waals surface area contributed by atoms with Gasteiger partial charge >= 0.3 is 5.97 Å². The van der Waals surface area contributed by atoms with E-state index >= 15 is 0 Å². The van der Waals surface area contributed by atoms with Crippen LogP contribution in [0.25, 0.3) is 6.08 Å². The first-order chi connectivity index (χ1) is 17.1. The maximum Gasteiger partial charge on any atom is 0.353 e. The Morgan fingerprint density at radius 3 is 2.54 bits per heavy atom. The van der Waals surface area contributed by atoms with Gasteiger partial charge in [0.2, 0.25) is 0 Å². The van der Waals surface area contributed by atoms with E-state index in [1.807, 2.05) is 18.2 Å². The molecule has 8 nitrogen and oxygen atoms in total. The number of nitrogens with zero attached hydrogens (tertiary/aromatic N) is 2. The van der Waals surface area contributed by atoms with E-state index in [4.69, 9.17) is 14.2 Å². The van der Waals surface area contributed by atoms with Gasteiger partial charge in [0.25, 0.3) is 5.91 Å². The van der Waals surface area contributed by atoms with Crippen LogP contribution in [0.3, 0.4) is 0 Å². The molecule has 178 valence electrons. The summed E-state index contributed by atoms with van der Waals surface area (Å²) in [5.41, 5.74) is 2.11. The van der Waals surface area contributed by atoms with E-state index in [-0.39, 0.29) is 11.3 Å². The Kier molecular flexibility index (Phi) is 7.77. The number of methoxy groups -OCH3 is 1. The molecule has 1 amide bonds. The van der Waals surface area contributed by atoms with Gasteiger partial charge in [-0.05, 0) is 59.5 Å². The third-order valence-electron chi connectivity index (χ3n) is 5.29. The maximum atomic E-state index is 12.7. The maximum absolute atomic E-state index is 12.7. The van der Waals surface area contributed by atoms with Gasteiger partial charge in [0.05, 0.1) is 20.3 Å². The summed E-state index contributed by atoms with van der Waals surface area (Å²) in [6.45, 7) is 3.03. The molecule has 1 saturated heterocycles. The molecule has 3 aromatic rings. The van der Waals surface area contributed by atoms with Gasteiger partial charge in [0.1, 0.15) is 16.5 Å². The number of benzene rings is 2. The fourth-order valence-electron chi connectivity index (χ4n) is 3.49. The van der Waals surface area contributed by atoms with Crippen LogP contribution in [0.4, 0.5) is 11.4 Å². The number of thiophene rings is 1. The number of nitriles is 1. The molecule has 1 aliphatic heterocycles. The summed E-state index contributed by atoms with van der Waals surface area (Å²) >= 11 is 1.28. The second-order valence-electron chi connectivity index (χ2n) is 7.55. The minimum Gasteiger partial charge on any atom is -0.493 e. The molecule has 1 N–H and O–H groups in total. The van der Waals surface area contributed by atoms with Crippen molar-refractivity contribution in [3.63, 3.8) is 0 Å². The molecule has 0 bridgehead atoms. The van der Waals surface area contributed by atoms with E-state index in [1.54, 1.807) is 47.8 Å². The Morgan fingerprint density at radius 2 is 1.89 bits per heavy atom. The first-order valence-corrected chi connectivity index (χ1v) is 11.7. The number of anilines is 2. The second-order valence-corrected chi connectivity index (χ2v) is 8.50. The van der Waals surface area contributed by atoms with Crippen molar-refractivity contribution in [3.05, 3.63) is 76.0 Å². The van der Waals surface area contributed by atoms with Crippen LogP contribution in [0.15, 0.2) is 65.6 Å². The highest BCUT2D eigenvalue weighted by atomic mass is 32.1. The van der Waals surface area contributed by atoms with Gasteiger partial charge in [-0.3, -0.25) is 4.79 Å². The summed E-state index contributed by atoms with van der Waals surface area (Å²) in [6.07, 6.45) is 1.45. The number of hydrogen-bond acceptors (Lipinski definition) is 8. The number of carbonyl (C=O) groups is 2. The highest BCUT2D eigenvalue weighted by Crippen LogP contribution is 2.30. The smallest absolute Gasteiger partial charge is 0.353 e. The average molecular weight is 490 g/mol. The topological polar surface area (TPSA) is 101 Å². The zero-order chi connectivity index (χ0) is 24.6. The van der Waals surface area contributed by atoms with Crippen molar-refractivity contribution in [3.8, 4) is 17.6 Å². The first-order valence-electron chi connectivity index (χ1n) is 10.9. The normalized spacial score (nSPS) is 13.6. The number of carbonyl (C=O) groups excluding carboxylic acids is 2. The molecule has 2 aromatic carbocycles. The largest absolute Gasteiger partial charge is 0.493 e. The number of hydrogen-bond donors (Lipinski definition) is 1. The zero-order valence-electron chi connectivity index (χ0n) is 19.0. The SMILES string of the molecule is COc1cc(C=C(C#N)C(=O)Nc2ccc(N3CCOCC3)cc2)ccc1OC(=O)c1cccs1. The van der Waals surface area contributed by atoms with E-state index in [9.17, 15) is 14.9 Å². The predicted molar refractivity (Wildman–Crippen MR) is 134 cm³/mol. The number of nitrogens with one attached hydrogen (secondary N) is 1. The minimum atomic E-state index is -0.529. The van der Waals surface area contributed by atoms with Gasteiger partial charge in [-0.15, -0.1) is 11.3 Å². The third kappa shape index (κ3) is 6.06. The van der Waals surface area contributed by atoms with Crippen LogP contribution in [0.1, 0.15) is 15.2 Å². The predicted octanol–water partition coefficient (Wildman–Crippen LogP) is 4.36. The summed E-state index contributed by atoms with van der Waals surface area (Å²) in [4.78, 5) is 27.6. The molecule has 1 aliphatic rings. The molecule has 2 heterocycles. The van der Waals surface area contributed by atoms with Gasteiger partial charge < -0.3 is 24.4 Å². The van der Waals surface area contributed by atoms with Crippen LogP contribution in [-0.4, -0.2) is 45.3 Å². The number of esters is 1. The molecule has 0 saturated carbocycles. The average Bonchev–Trinajstić information content (AvgIpc) is 3.44. The number of amides is 1.